The average molecular weight is 938 g/mol. The van der Waals surface area contributed by atoms with E-state index in [1.807, 2.05) is 0 Å². The minimum atomic E-state index is -0.123. The van der Waals surface area contributed by atoms with E-state index >= 15 is 0 Å². The van der Waals surface area contributed by atoms with Crippen LogP contribution in [-0.4, -0.2) is 17.8 Å². The van der Waals surface area contributed by atoms with Gasteiger partial charge in [-0.15, -0.1) is 0 Å². The van der Waals surface area contributed by atoms with Crippen LogP contribution < -0.4 is 31.1 Å². The van der Waals surface area contributed by atoms with E-state index in [0.717, 1.165) is 24.0 Å². The van der Waals surface area contributed by atoms with E-state index in [1.54, 1.807) is 5.56 Å². The molecule has 6 aliphatic rings. The van der Waals surface area contributed by atoms with Crippen molar-refractivity contribution in [1.29, 1.82) is 0 Å². The Balaban J connectivity index is 1.21. The normalized spacial score (nSPS) is 25.3. The lowest BCUT2D eigenvalue weighted by atomic mass is 9.33. The standard InChI is InChI=1S/C66H76BN3O/c1-39-32-42(61(6,7)8)33-40(2)56(39)68-52-37-44(69-51-27-24-41(60(3,4)5)34-47(51)63(12)28-18-20-30-65(63,69)14)38-53-55(52)67(49-26-25-46-45-22-16-17-23-54(45)71-59(46)58(49)68)50-36-43(62(9,10)11)35-48-57(50)70(53)66(15)31-21-19-29-64(48,66)13/h16-17,22-27,32-38H,18-21,28-31H2,1-15H3. The number of para-hydroxylation sites is 1. The topological polar surface area (TPSA) is 22.9 Å². The number of benzene rings is 6. The van der Waals surface area contributed by atoms with E-state index in [2.05, 4.69) is 210 Å². The van der Waals surface area contributed by atoms with Crippen LogP contribution in [0.2, 0.25) is 0 Å². The number of fused-ring (bicyclic) bond motifs is 14. The van der Waals surface area contributed by atoms with Gasteiger partial charge < -0.3 is 19.1 Å². The Kier molecular flexibility index (Phi) is 9.09. The number of nitrogens with zero attached hydrogens (tertiary/aromatic N) is 3. The van der Waals surface area contributed by atoms with Crippen molar-refractivity contribution in [2.75, 3.05) is 14.7 Å². The highest BCUT2D eigenvalue weighted by Gasteiger charge is 2.63. The van der Waals surface area contributed by atoms with Crippen LogP contribution in [0.4, 0.5) is 39.8 Å². The molecule has 0 amide bonds. The molecule has 1 aromatic heterocycles. The van der Waals surface area contributed by atoms with Gasteiger partial charge in [-0.05, 0) is 149 Å². The summed E-state index contributed by atoms with van der Waals surface area (Å²) in [5, 5.41) is 2.35. The molecule has 2 aliphatic carbocycles. The monoisotopic (exact) mass is 938 g/mol. The molecule has 13 rings (SSSR count). The summed E-state index contributed by atoms with van der Waals surface area (Å²) in [5.74, 6) is 0. The molecule has 5 heterocycles. The molecule has 6 aromatic carbocycles. The van der Waals surface area contributed by atoms with Crippen LogP contribution in [0.25, 0.3) is 21.9 Å². The van der Waals surface area contributed by atoms with Gasteiger partial charge in [0.05, 0.1) is 22.5 Å². The zero-order valence-corrected chi connectivity index (χ0v) is 45.6. The maximum Gasteiger partial charge on any atom is 0.252 e. The third-order valence-electron chi connectivity index (χ3n) is 20.2. The molecule has 0 spiro atoms. The van der Waals surface area contributed by atoms with Crippen molar-refractivity contribution in [3.63, 3.8) is 0 Å². The summed E-state index contributed by atoms with van der Waals surface area (Å²) in [6.45, 7) is 36.7. The highest BCUT2D eigenvalue weighted by Crippen LogP contribution is 2.65. The first-order chi connectivity index (χ1) is 33.4. The molecular formula is C66H76BN3O. The molecule has 0 radical (unpaired) electrons. The smallest absolute Gasteiger partial charge is 0.252 e. The second kappa shape index (κ2) is 14.2. The molecule has 0 saturated heterocycles. The highest BCUT2D eigenvalue weighted by molar-refractivity contribution is 7.00. The first kappa shape index (κ1) is 45.4. The molecule has 2 fully saturated rings. The van der Waals surface area contributed by atoms with E-state index in [4.69, 9.17) is 4.42 Å². The maximum atomic E-state index is 7.30. The summed E-state index contributed by atoms with van der Waals surface area (Å²) in [6.07, 6.45) is 9.70. The summed E-state index contributed by atoms with van der Waals surface area (Å²) in [4.78, 5) is 8.54. The van der Waals surface area contributed by atoms with E-state index in [9.17, 15) is 0 Å². The van der Waals surface area contributed by atoms with Gasteiger partial charge in [-0.2, -0.15) is 0 Å². The molecule has 4 nitrogen and oxygen atoms in total. The summed E-state index contributed by atoms with van der Waals surface area (Å²) in [6, 6.07) is 36.8. The Morgan fingerprint density at radius 1 is 0.493 bits per heavy atom. The lowest BCUT2D eigenvalue weighted by molar-refractivity contribution is 0.194. The summed E-state index contributed by atoms with van der Waals surface area (Å²) in [5.41, 5.74) is 25.2. The predicted molar refractivity (Wildman–Crippen MR) is 304 cm³/mol. The van der Waals surface area contributed by atoms with Gasteiger partial charge in [0, 0.05) is 50.0 Å². The molecule has 71 heavy (non-hydrogen) atoms. The summed E-state index contributed by atoms with van der Waals surface area (Å²) >= 11 is 0. The van der Waals surface area contributed by atoms with Gasteiger partial charge in [-0.1, -0.05) is 169 Å². The number of rotatable bonds is 2. The third-order valence-corrected chi connectivity index (χ3v) is 20.2. The van der Waals surface area contributed by atoms with Crippen LogP contribution in [0, 0.1) is 13.8 Å². The van der Waals surface area contributed by atoms with Gasteiger partial charge in [0.1, 0.15) is 5.58 Å². The zero-order valence-electron chi connectivity index (χ0n) is 45.6. The van der Waals surface area contributed by atoms with Crippen molar-refractivity contribution in [3.8, 4) is 0 Å². The first-order valence-corrected chi connectivity index (χ1v) is 27.4. The van der Waals surface area contributed by atoms with E-state index in [0.29, 0.717) is 0 Å². The van der Waals surface area contributed by atoms with Crippen molar-refractivity contribution in [2.24, 2.45) is 0 Å². The van der Waals surface area contributed by atoms with Gasteiger partial charge in [-0.25, -0.2) is 0 Å². The van der Waals surface area contributed by atoms with Gasteiger partial charge in [0.2, 0.25) is 0 Å². The van der Waals surface area contributed by atoms with E-state index in [1.165, 1.54) is 139 Å². The molecule has 0 N–H and O–H groups in total. The maximum absolute atomic E-state index is 7.30. The Bertz CT molecular complexity index is 3440. The number of furan rings is 1. The van der Waals surface area contributed by atoms with Crippen LogP contribution in [0.5, 0.6) is 0 Å². The third kappa shape index (κ3) is 5.76. The fraction of sp³-hybridized carbons (Fsp3) is 0.455. The zero-order chi connectivity index (χ0) is 49.9. The van der Waals surface area contributed by atoms with Crippen molar-refractivity contribution < 1.29 is 4.42 Å². The lowest BCUT2D eigenvalue weighted by Gasteiger charge is -2.54. The van der Waals surface area contributed by atoms with E-state index in [-0.39, 0.29) is 44.9 Å². The van der Waals surface area contributed by atoms with E-state index < -0.39 is 0 Å². The SMILES string of the molecule is Cc1cc(C(C)(C)C)cc(C)c1N1c2cc(N3c4ccc(C(C)(C)C)cc4C4(C)CCCCC34C)cc3c2B(c2cc(C(C)(C)C)cc4c2N3C2(C)CCCCC42C)c2ccc3c(oc4ccccc43)c21. The van der Waals surface area contributed by atoms with Crippen molar-refractivity contribution >= 4 is 84.9 Å². The quantitative estimate of drug-likeness (QED) is 0.161. The largest absolute Gasteiger partial charge is 0.454 e. The van der Waals surface area contributed by atoms with Crippen molar-refractivity contribution in [1.82, 2.24) is 0 Å². The minimum Gasteiger partial charge on any atom is -0.454 e. The van der Waals surface area contributed by atoms with Gasteiger partial charge in [-0.3, -0.25) is 0 Å². The minimum absolute atomic E-state index is 0.00256. The second-order valence-corrected chi connectivity index (χ2v) is 27.3. The molecule has 4 unspecified atom stereocenters. The Morgan fingerprint density at radius 3 is 1.73 bits per heavy atom. The van der Waals surface area contributed by atoms with Crippen molar-refractivity contribution in [2.45, 2.75) is 193 Å². The Hall–Kier alpha value is -5.42. The van der Waals surface area contributed by atoms with Crippen LogP contribution in [0.1, 0.15) is 180 Å². The molecule has 4 atom stereocenters. The Morgan fingerprint density at radius 2 is 1.07 bits per heavy atom. The second-order valence-electron chi connectivity index (χ2n) is 27.3. The molecule has 364 valence electrons. The molecule has 5 heteroatoms. The number of hydrogen-bond donors (Lipinski definition) is 0. The lowest BCUT2D eigenvalue weighted by Crippen LogP contribution is -2.64. The summed E-state index contributed by atoms with van der Waals surface area (Å²) in [7, 11) is 0. The molecular weight excluding hydrogens is 862 g/mol. The summed E-state index contributed by atoms with van der Waals surface area (Å²) < 4.78 is 7.30. The van der Waals surface area contributed by atoms with Gasteiger partial charge in [0.15, 0.2) is 5.58 Å². The number of anilines is 7. The molecule has 2 saturated carbocycles. The predicted octanol–water partition coefficient (Wildman–Crippen LogP) is 16.2. The molecule has 7 aromatic rings. The average Bonchev–Trinajstić information content (AvgIpc) is 3.86. The Labute approximate surface area is 425 Å². The fourth-order valence-corrected chi connectivity index (χ4v) is 15.7. The van der Waals surface area contributed by atoms with Gasteiger partial charge in [0.25, 0.3) is 6.71 Å². The number of hydrogen-bond acceptors (Lipinski definition) is 4. The van der Waals surface area contributed by atoms with Crippen LogP contribution in [-0.2, 0) is 27.1 Å². The van der Waals surface area contributed by atoms with Crippen LogP contribution >= 0.6 is 0 Å². The van der Waals surface area contributed by atoms with Gasteiger partial charge >= 0.3 is 0 Å². The fourth-order valence-electron chi connectivity index (χ4n) is 15.7. The number of aryl methyl sites for hydroxylation is 2. The van der Waals surface area contributed by atoms with Crippen LogP contribution in [0.15, 0.2) is 95.4 Å². The molecule has 0 bridgehead atoms. The molecule has 4 aliphatic heterocycles. The van der Waals surface area contributed by atoms with Crippen LogP contribution in [0.3, 0.4) is 0 Å². The highest BCUT2D eigenvalue weighted by atomic mass is 16.3. The first-order valence-electron chi connectivity index (χ1n) is 27.4. The van der Waals surface area contributed by atoms with Crippen molar-refractivity contribution in [3.05, 3.63) is 130 Å².